The minimum absolute atomic E-state index is 0.157. The predicted molar refractivity (Wildman–Crippen MR) is 48.4 cm³/mol. The summed E-state index contributed by atoms with van der Waals surface area (Å²) in [5.41, 5.74) is 6.75. The summed E-state index contributed by atoms with van der Waals surface area (Å²) in [6.07, 6.45) is -0.163. The lowest BCUT2D eigenvalue weighted by Gasteiger charge is -2.15. The standard InChI is InChI=1S/C10H14NO/c1-8(2)12-10(11)9-6-4-3-5-7-9/h4-8,10H,11H2,1-2H3. The molecule has 0 spiro atoms. The number of hydrogen-bond donors (Lipinski definition) is 1. The van der Waals surface area contributed by atoms with Crippen molar-refractivity contribution in [2.75, 3.05) is 0 Å². The molecule has 1 atom stereocenters. The summed E-state index contributed by atoms with van der Waals surface area (Å²) in [6, 6.07) is 10.4. The van der Waals surface area contributed by atoms with Crippen LogP contribution in [-0.4, -0.2) is 6.10 Å². The van der Waals surface area contributed by atoms with Crippen molar-refractivity contribution in [3.8, 4) is 0 Å². The third-order valence-corrected chi connectivity index (χ3v) is 1.49. The van der Waals surface area contributed by atoms with Crippen LogP contribution >= 0.6 is 0 Å². The van der Waals surface area contributed by atoms with E-state index >= 15 is 0 Å². The Hall–Kier alpha value is -0.860. The molecule has 0 amide bonds. The number of nitrogens with two attached hydrogens (primary N) is 1. The monoisotopic (exact) mass is 164 g/mol. The second-order valence-electron chi connectivity index (χ2n) is 2.94. The Morgan fingerprint density at radius 2 is 1.92 bits per heavy atom. The SMILES string of the molecule is CC(C)OC(N)c1cc[c]cc1. The molecule has 0 aliphatic heterocycles. The van der Waals surface area contributed by atoms with Crippen molar-refractivity contribution in [1.29, 1.82) is 0 Å². The van der Waals surface area contributed by atoms with Gasteiger partial charge < -0.3 is 10.5 Å². The maximum atomic E-state index is 5.76. The lowest BCUT2D eigenvalue weighted by molar-refractivity contribution is 0.0104. The Kier molecular flexibility index (Phi) is 3.26. The van der Waals surface area contributed by atoms with Gasteiger partial charge >= 0.3 is 0 Å². The van der Waals surface area contributed by atoms with Gasteiger partial charge in [-0.1, -0.05) is 24.3 Å². The summed E-state index contributed by atoms with van der Waals surface area (Å²) >= 11 is 0. The number of rotatable bonds is 3. The Labute approximate surface area is 73.3 Å². The zero-order chi connectivity index (χ0) is 8.97. The topological polar surface area (TPSA) is 35.2 Å². The highest BCUT2D eigenvalue weighted by molar-refractivity contribution is 5.15. The molecule has 0 aromatic heterocycles. The van der Waals surface area contributed by atoms with Gasteiger partial charge in [-0.2, -0.15) is 0 Å². The number of ether oxygens (including phenoxy) is 1. The molecule has 1 unspecified atom stereocenters. The Balaban J connectivity index is 2.59. The van der Waals surface area contributed by atoms with E-state index in [0.717, 1.165) is 5.56 Å². The van der Waals surface area contributed by atoms with E-state index in [4.69, 9.17) is 10.5 Å². The molecular formula is C10H14NO. The highest BCUT2D eigenvalue weighted by Gasteiger charge is 2.06. The molecule has 1 aromatic carbocycles. The van der Waals surface area contributed by atoms with Crippen LogP contribution in [0.4, 0.5) is 0 Å². The van der Waals surface area contributed by atoms with Gasteiger partial charge in [-0.25, -0.2) is 0 Å². The van der Waals surface area contributed by atoms with Crippen LogP contribution in [0.15, 0.2) is 24.3 Å². The van der Waals surface area contributed by atoms with Crippen molar-refractivity contribution < 1.29 is 4.74 Å². The second kappa shape index (κ2) is 4.24. The molecule has 2 heteroatoms. The molecule has 1 radical (unpaired) electrons. The van der Waals surface area contributed by atoms with Crippen molar-refractivity contribution in [2.45, 2.75) is 26.2 Å². The molecule has 2 nitrogen and oxygen atoms in total. The van der Waals surface area contributed by atoms with Crippen molar-refractivity contribution in [3.63, 3.8) is 0 Å². The van der Waals surface area contributed by atoms with Crippen LogP contribution in [0.2, 0.25) is 0 Å². The van der Waals surface area contributed by atoms with Gasteiger partial charge in [0, 0.05) is 0 Å². The summed E-state index contributed by atoms with van der Waals surface area (Å²) in [4.78, 5) is 0. The van der Waals surface area contributed by atoms with E-state index in [0.29, 0.717) is 0 Å². The molecule has 0 heterocycles. The Morgan fingerprint density at radius 1 is 1.33 bits per heavy atom. The molecule has 1 rings (SSSR count). The van der Waals surface area contributed by atoms with E-state index < -0.39 is 0 Å². The molecule has 0 aliphatic carbocycles. The molecule has 0 aliphatic rings. The fourth-order valence-electron chi connectivity index (χ4n) is 0.961. The van der Waals surface area contributed by atoms with E-state index in [1.807, 2.05) is 38.1 Å². The molecule has 1 aromatic rings. The van der Waals surface area contributed by atoms with Crippen molar-refractivity contribution in [1.82, 2.24) is 0 Å². The smallest absolute Gasteiger partial charge is 0.132 e. The largest absolute Gasteiger partial charge is 0.357 e. The van der Waals surface area contributed by atoms with E-state index in [1.54, 1.807) is 0 Å². The van der Waals surface area contributed by atoms with E-state index in [-0.39, 0.29) is 12.3 Å². The average Bonchev–Trinajstić information content (AvgIpc) is 2.05. The van der Waals surface area contributed by atoms with Crippen LogP contribution in [0, 0.1) is 6.07 Å². The van der Waals surface area contributed by atoms with E-state index in [9.17, 15) is 0 Å². The first kappa shape index (κ1) is 9.23. The molecule has 0 bridgehead atoms. The summed E-state index contributed by atoms with van der Waals surface area (Å²) < 4.78 is 5.40. The summed E-state index contributed by atoms with van der Waals surface area (Å²) in [5.74, 6) is 0. The van der Waals surface area contributed by atoms with Crippen molar-refractivity contribution >= 4 is 0 Å². The molecule has 2 N–H and O–H groups in total. The second-order valence-corrected chi connectivity index (χ2v) is 2.94. The third-order valence-electron chi connectivity index (χ3n) is 1.49. The van der Waals surface area contributed by atoms with Gasteiger partial charge in [-0.15, -0.1) is 0 Å². The van der Waals surface area contributed by atoms with Crippen LogP contribution in [-0.2, 0) is 4.74 Å². The Morgan fingerprint density at radius 3 is 2.42 bits per heavy atom. The van der Waals surface area contributed by atoms with Gasteiger partial charge in [-0.05, 0) is 25.5 Å². The van der Waals surface area contributed by atoms with Crippen LogP contribution in [0.5, 0.6) is 0 Å². The Bertz CT molecular complexity index is 221. The minimum Gasteiger partial charge on any atom is -0.357 e. The van der Waals surface area contributed by atoms with Gasteiger partial charge in [-0.3, -0.25) is 0 Å². The predicted octanol–water partition coefficient (Wildman–Crippen LogP) is 1.87. The molecule has 65 valence electrons. The molecule has 0 saturated heterocycles. The van der Waals surface area contributed by atoms with E-state index in [1.165, 1.54) is 0 Å². The van der Waals surface area contributed by atoms with Gasteiger partial charge in [0.2, 0.25) is 0 Å². The van der Waals surface area contributed by atoms with Crippen molar-refractivity contribution in [3.05, 3.63) is 35.9 Å². The fourth-order valence-corrected chi connectivity index (χ4v) is 0.961. The average molecular weight is 164 g/mol. The first-order chi connectivity index (χ1) is 5.70. The van der Waals surface area contributed by atoms with E-state index in [2.05, 4.69) is 6.07 Å². The first-order valence-corrected chi connectivity index (χ1v) is 4.07. The van der Waals surface area contributed by atoms with Gasteiger partial charge in [0.25, 0.3) is 0 Å². The maximum absolute atomic E-state index is 5.76. The molecular weight excluding hydrogens is 150 g/mol. The number of hydrogen-bond acceptors (Lipinski definition) is 2. The highest BCUT2D eigenvalue weighted by atomic mass is 16.5. The molecule has 12 heavy (non-hydrogen) atoms. The third kappa shape index (κ3) is 2.64. The van der Waals surface area contributed by atoms with Crippen LogP contribution in [0.3, 0.4) is 0 Å². The lowest BCUT2D eigenvalue weighted by atomic mass is 10.2. The molecule has 0 saturated carbocycles. The fraction of sp³-hybridized carbons (Fsp3) is 0.400. The summed E-state index contributed by atoms with van der Waals surface area (Å²) in [6.45, 7) is 3.93. The molecule has 0 fully saturated rings. The van der Waals surface area contributed by atoms with Crippen molar-refractivity contribution in [2.24, 2.45) is 5.73 Å². The summed E-state index contributed by atoms with van der Waals surface area (Å²) in [5, 5.41) is 0. The quantitative estimate of drug-likeness (QED) is 0.692. The van der Waals surface area contributed by atoms with Gasteiger partial charge in [0.1, 0.15) is 6.23 Å². The van der Waals surface area contributed by atoms with Crippen LogP contribution in [0.25, 0.3) is 0 Å². The van der Waals surface area contributed by atoms with Crippen LogP contribution in [0.1, 0.15) is 25.6 Å². The van der Waals surface area contributed by atoms with Gasteiger partial charge in [0.15, 0.2) is 0 Å². The maximum Gasteiger partial charge on any atom is 0.132 e. The zero-order valence-corrected chi connectivity index (χ0v) is 7.45. The minimum atomic E-state index is -0.320. The highest BCUT2D eigenvalue weighted by Crippen LogP contribution is 2.12. The number of benzene rings is 1. The zero-order valence-electron chi connectivity index (χ0n) is 7.45. The van der Waals surface area contributed by atoms with Gasteiger partial charge in [0.05, 0.1) is 6.10 Å². The van der Waals surface area contributed by atoms with Crippen LogP contribution < -0.4 is 5.73 Å². The normalized spacial score (nSPS) is 13.3. The lowest BCUT2D eigenvalue weighted by Crippen LogP contribution is -2.18. The first-order valence-electron chi connectivity index (χ1n) is 4.07. The summed E-state index contributed by atoms with van der Waals surface area (Å²) in [7, 11) is 0.